The van der Waals surface area contributed by atoms with Crippen LogP contribution in [0.1, 0.15) is 20.3 Å². The molecule has 1 atom stereocenters. The molecule has 0 saturated heterocycles. The number of carbonyl (C=O) groups is 2. The van der Waals surface area contributed by atoms with Crippen molar-refractivity contribution in [1.82, 2.24) is 30.5 Å². The molecule has 0 saturated carbocycles. The Bertz CT molecular complexity index is 1470. The van der Waals surface area contributed by atoms with Crippen LogP contribution in [0.25, 0.3) is 28.2 Å². The summed E-state index contributed by atoms with van der Waals surface area (Å²) in [5, 5.41) is 25.7. The lowest BCUT2D eigenvalue weighted by molar-refractivity contribution is -0.139. The van der Waals surface area contributed by atoms with E-state index >= 15 is 0 Å². The Morgan fingerprint density at radius 2 is 1.84 bits per heavy atom. The third-order valence-electron chi connectivity index (χ3n) is 5.57. The van der Waals surface area contributed by atoms with Gasteiger partial charge in [-0.2, -0.15) is 4.68 Å². The van der Waals surface area contributed by atoms with Gasteiger partial charge in [-0.1, -0.05) is 32.0 Å². The summed E-state index contributed by atoms with van der Waals surface area (Å²) in [4.78, 5) is 27.9. The zero-order chi connectivity index (χ0) is 27.4. The third-order valence-corrected chi connectivity index (χ3v) is 5.57. The summed E-state index contributed by atoms with van der Waals surface area (Å²) in [5.41, 5.74) is 7.91. The molecular weight excluding hydrogens is 498 g/mol. The largest absolute Gasteiger partial charge is 0.480 e. The maximum atomic E-state index is 14.4. The number of rotatable bonds is 8. The Hall–Kier alpha value is -4.94. The van der Waals surface area contributed by atoms with Gasteiger partial charge < -0.3 is 21.5 Å². The number of tetrazole rings is 1. The van der Waals surface area contributed by atoms with Crippen LogP contribution < -0.4 is 16.4 Å². The fourth-order valence-electron chi connectivity index (χ4n) is 3.75. The first-order valence-electron chi connectivity index (χ1n) is 11.5. The molecule has 2 aromatic heterocycles. The Labute approximate surface area is 215 Å². The number of carboxylic acid groups (broad SMARTS) is 1. The van der Waals surface area contributed by atoms with Crippen LogP contribution in [0.15, 0.2) is 54.7 Å². The summed E-state index contributed by atoms with van der Waals surface area (Å²) in [6.45, 7) is 3.73. The van der Waals surface area contributed by atoms with Crippen LogP contribution in [-0.2, 0) is 4.79 Å². The highest BCUT2D eigenvalue weighted by Gasteiger charge is 2.22. The molecule has 4 aromatic rings. The highest BCUT2D eigenvalue weighted by atomic mass is 19.2. The van der Waals surface area contributed by atoms with Gasteiger partial charge in [0.25, 0.3) is 0 Å². The number of aromatic nitrogens is 5. The second-order valence-electron chi connectivity index (χ2n) is 8.84. The molecule has 0 radical (unpaired) electrons. The molecule has 2 aromatic carbocycles. The predicted molar refractivity (Wildman–Crippen MR) is 135 cm³/mol. The van der Waals surface area contributed by atoms with Crippen LogP contribution in [0.4, 0.5) is 25.1 Å². The van der Waals surface area contributed by atoms with Crippen molar-refractivity contribution in [2.45, 2.75) is 26.3 Å². The van der Waals surface area contributed by atoms with E-state index in [1.807, 2.05) is 13.8 Å². The van der Waals surface area contributed by atoms with Crippen LogP contribution in [0.5, 0.6) is 0 Å². The van der Waals surface area contributed by atoms with E-state index in [0.717, 1.165) is 10.7 Å². The van der Waals surface area contributed by atoms with E-state index in [1.165, 1.54) is 18.3 Å². The Morgan fingerprint density at radius 3 is 2.53 bits per heavy atom. The molecule has 13 heteroatoms. The molecule has 0 bridgehead atoms. The number of benzene rings is 2. The quantitative estimate of drug-likeness (QED) is 0.271. The number of hydrogen-bond acceptors (Lipinski definition) is 7. The van der Waals surface area contributed by atoms with Crippen molar-refractivity contribution < 1.29 is 23.5 Å². The minimum absolute atomic E-state index is 0.0608. The van der Waals surface area contributed by atoms with E-state index in [4.69, 9.17) is 5.73 Å². The van der Waals surface area contributed by atoms with Gasteiger partial charge in [0.05, 0.1) is 5.56 Å². The first-order valence-corrected chi connectivity index (χ1v) is 11.5. The average Bonchev–Trinajstić information content (AvgIpc) is 3.35. The Balaban J connectivity index is 1.56. The Kier molecular flexibility index (Phi) is 7.55. The number of amides is 2. The van der Waals surface area contributed by atoms with Gasteiger partial charge in [-0.25, -0.2) is 23.4 Å². The van der Waals surface area contributed by atoms with E-state index in [1.54, 1.807) is 30.3 Å². The fraction of sp³-hybridized carbons (Fsp3) is 0.200. The molecule has 2 amide bonds. The predicted octanol–water partition coefficient (Wildman–Crippen LogP) is 3.87. The lowest BCUT2D eigenvalue weighted by Crippen LogP contribution is -2.43. The number of halogens is 2. The number of carbonyl (C=O) groups excluding carboxylic acids is 1. The number of nitrogens with two attached hydrogens (primary N) is 1. The fourth-order valence-corrected chi connectivity index (χ4v) is 3.75. The zero-order valence-electron chi connectivity index (χ0n) is 20.4. The number of urea groups is 1. The van der Waals surface area contributed by atoms with Crippen LogP contribution in [0.3, 0.4) is 0 Å². The van der Waals surface area contributed by atoms with Crippen LogP contribution in [-0.4, -0.2) is 48.3 Å². The number of anilines is 2. The molecule has 11 nitrogen and oxygen atoms in total. The highest BCUT2D eigenvalue weighted by molar-refractivity contribution is 5.92. The molecule has 4 rings (SSSR count). The number of aliphatic carboxylic acids is 1. The highest BCUT2D eigenvalue weighted by Crippen LogP contribution is 2.30. The van der Waals surface area contributed by atoms with Crippen molar-refractivity contribution in [3.63, 3.8) is 0 Å². The number of pyridine rings is 1. The van der Waals surface area contributed by atoms with Crippen molar-refractivity contribution in [3.8, 4) is 28.2 Å². The number of nitrogens with zero attached hydrogens (tertiary/aromatic N) is 5. The molecule has 0 aliphatic carbocycles. The van der Waals surface area contributed by atoms with Crippen molar-refractivity contribution in [2.24, 2.45) is 5.92 Å². The van der Waals surface area contributed by atoms with Gasteiger partial charge in [-0.15, -0.1) is 5.10 Å². The summed E-state index contributed by atoms with van der Waals surface area (Å²) in [6, 6.07) is 10.3. The lowest BCUT2D eigenvalue weighted by Gasteiger charge is -2.17. The van der Waals surface area contributed by atoms with Crippen molar-refractivity contribution in [3.05, 3.63) is 66.4 Å². The van der Waals surface area contributed by atoms with E-state index in [-0.39, 0.29) is 23.2 Å². The first kappa shape index (κ1) is 26.1. The first-order chi connectivity index (χ1) is 18.1. The van der Waals surface area contributed by atoms with Crippen LogP contribution >= 0.6 is 0 Å². The molecule has 38 heavy (non-hydrogen) atoms. The molecule has 0 fully saturated rings. The second-order valence-corrected chi connectivity index (χ2v) is 8.84. The maximum absolute atomic E-state index is 14.4. The molecular formula is C25H24F2N8O3. The average molecular weight is 523 g/mol. The van der Waals surface area contributed by atoms with Crippen molar-refractivity contribution >= 4 is 23.5 Å². The molecule has 0 aliphatic rings. The van der Waals surface area contributed by atoms with Gasteiger partial charge in [-0.05, 0) is 58.7 Å². The normalized spacial score (nSPS) is 11.8. The number of nitrogens with one attached hydrogen (secondary N) is 2. The summed E-state index contributed by atoms with van der Waals surface area (Å²) < 4.78 is 29.2. The van der Waals surface area contributed by atoms with Gasteiger partial charge in [0.1, 0.15) is 17.5 Å². The van der Waals surface area contributed by atoms with Gasteiger partial charge in [0.2, 0.25) is 0 Å². The summed E-state index contributed by atoms with van der Waals surface area (Å²) in [7, 11) is 0. The third kappa shape index (κ3) is 5.72. The second kappa shape index (κ2) is 11.0. The minimum atomic E-state index is -1.12. The smallest absolute Gasteiger partial charge is 0.326 e. The monoisotopic (exact) mass is 522 g/mol. The molecule has 5 N–H and O–H groups in total. The van der Waals surface area contributed by atoms with Gasteiger partial charge in [0.15, 0.2) is 17.5 Å². The maximum Gasteiger partial charge on any atom is 0.326 e. The van der Waals surface area contributed by atoms with Crippen molar-refractivity contribution in [1.29, 1.82) is 0 Å². The summed E-state index contributed by atoms with van der Waals surface area (Å²) in [6.07, 6.45) is 1.82. The summed E-state index contributed by atoms with van der Waals surface area (Å²) >= 11 is 0. The number of hydrogen-bond donors (Lipinski definition) is 4. The molecule has 0 spiro atoms. The minimum Gasteiger partial charge on any atom is -0.480 e. The van der Waals surface area contributed by atoms with Gasteiger partial charge in [0, 0.05) is 17.4 Å². The van der Waals surface area contributed by atoms with E-state index in [2.05, 4.69) is 31.1 Å². The molecule has 0 aliphatic heterocycles. The topological polar surface area (TPSA) is 161 Å². The molecule has 196 valence electrons. The molecule has 2 heterocycles. The van der Waals surface area contributed by atoms with Gasteiger partial charge in [-0.3, -0.25) is 0 Å². The summed E-state index contributed by atoms with van der Waals surface area (Å²) in [5.74, 6) is -3.05. The van der Waals surface area contributed by atoms with Crippen LogP contribution in [0.2, 0.25) is 0 Å². The number of nitrogen functional groups attached to an aromatic ring is 1. The van der Waals surface area contributed by atoms with Crippen LogP contribution in [0, 0.1) is 17.6 Å². The van der Waals surface area contributed by atoms with E-state index in [9.17, 15) is 23.5 Å². The van der Waals surface area contributed by atoms with Gasteiger partial charge >= 0.3 is 12.0 Å². The lowest BCUT2D eigenvalue weighted by atomic mass is 10.0. The standard InChI is InChI=1S/C25H24F2N8O3/c1-13(2)10-19(24(36)37)31-25(38)30-16-8-6-14(7-9-16)15-11-17(22(28)29-12-15)23-32-33-34-35(23)20-5-3-4-18(26)21(20)27/h3-9,11-13,19H,10H2,1-2H3,(H2,28,29)(H,36,37)(H2,30,31,38)/t19-/m0/s1. The zero-order valence-corrected chi connectivity index (χ0v) is 20.4. The van der Waals surface area contributed by atoms with E-state index in [0.29, 0.717) is 28.8 Å². The molecule has 0 unspecified atom stereocenters. The van der Waals surface area contributed by atoms with E-state index < -0.39 is 29.7 Å². The van der Waals surface area contributed by atoms with Crippen molar-refractivity contribution in [2.75, 3.05) is 11.1 Å². The number of carboxylic acids is 1. The SMILES string of the molecule is CC(C)C[C@H](NC(=O)Nc1ccc(-c2cnc(N)c(-c3nnnn3-c3cccc(F)c3F)c2)cc1)C(=O)O. The Morgan fingerprint density at radius 1 is 1.11 bits per heavy atom.